The molecule has 3 heterocycles. The van der Waals surface area contributed by atoms with Gasteiger partial charge in [0.1, 0.15) is 5.75 Å². The number of fused-ring (bicyclic) bond motifs is 3. The molecule has 3 fully saturated rings. The Morgan fingerprint density at radius 1 is 1.07 bits per heavy atom. The molecule has 2 aromatic carbocycles. The van der Waals surface area contributed by atoms with Crippen molar-refractivity contribution in [2.75, 3.05) is 19.6 Å². The van der Waals surface area contributed by atoms with E-state index in [-0.39, 0.29) is 0 Å². The van der Waals surface area contributed by atoms with E-state index in [0.29, 0.717) is 29.1 Å². The molecule has 0 unspecified atom stereocenters. The Balaban J connectivity index is 1.03. The van der Waals surface area contributed by atoms with E-state index in [2.05, 4.69) is 33.0 Å². The number of nitrogens with zero attached hydrogens (tertiary/aromatic N) is 3. The van der Waals surface area contributed by atoms with Gasteiger partial charge in [0.2, 0.25) is 5.91 Å². The quantitative estimate of drug-likeness (QED) is 0.597. The fourth-order valence-corrected chi connectivity index (χ4v) is 5.69. The second-order valence-electron chi connectivity index (χ2n) is 8.75. The number of piperazine rings is 1. The molecule has 3 aliphatic rings. The number of likely N-dealkylation sites (tertiary alicyclic amines) is 2. The minimum absolute atomic E-state index is 0.348. The summed E-state index contributed by atoms with van der Waals surface area (Å²) in [7, 11) is 0. The van der Waals surface area contributed by atoms with Gasteiger partial charge >= 0.3 is 0 Å². The Kier molecular flexibility index (Phi) is 4.50. The molecule has 0 spiro atoms. The van der Waals surface area contributed by atoms with E-state index in [1.54, 1.807) is 11.3 Å². The van der Waals surface area contributed by atoms with Crippen molar-refractivity contribution in [2.24, 2.45) is 5.92 Å². The largest absolute Gasteiger partial charge is 0.431 e. The first-order valence-electron chi connectivity index (χ1n) is 10.9. The summed E-state index contributed by atoms with van der Waals surface area (Å²) >= 11 is 1.57. The first kappa shape index (κ1) is 18.3. The molecule has 2 atom stereocenters. The molecule has 1 amide bonds. The second-order valence-corrected chi connectivity index (χ2v) is 9.74. The van der Waals surface area contributed by atoms with Crippen molar-refractivity contribution in [1.82, 2.24) is 14.8 Å². The lowest BCUT2D eigenvalue weighted by molar-refractivity contribution is -0.134. The average molecular weight is 420 g/mol. The third-order valence-electron chi connectivity index (χ3n) is 6.65. The van der Waals surface area contributed by atoms with Gasteiger partial charge in [-0.2, -0.15) is 0 Å². The van der Waals surface area contributed by atoms with Crippen LogP contribution in [0.3, 0.4) is 0 Å². The van der Waals surface area contributed by atoms with Gasteiger partial charge in [0.25, 0.3) is 5.19 Å². The summed E-state index contributed by atoms with van der Waals surface area (Å²) in [5.74, 6) is 1.60. The first-order chi connectivity index (χ1) is 14.7. The van der Waals surface area contributed by atoms with E-state index < -0.39 is 0 Å². The van der Waals surface area contributed by atoms with Gasteiger partial charge in [0, 0.05) is 37.6 Å². The number of aromatic nitrogens is 1. The smallest absolute Gasteiger partial charge is 0.279 e. The van der Waals surface area contributed by atoms with Crippen LogP contribution in [0.1, 0.15) is 24.8 Å². The van der Waals surface area contributed by atoms with Gasteiger partial charge in [0.05, 0.1) is 10.2 Å². The standard InChI is InChI=1S/C24H25N3O2S/c28-23(17-7-8-17)27-15-18-13-19(27)14-26(18)12-11-16-5-9-20(10-6-16)29-24-25-21-3-1-2-4-22(21)30-24/h1-6,9-10,17-19H,7-8,11-15H2/t18-,19-/m0/s1. The van der Waals surface area contributed by atoms with Gasteiger partial charge in [-0.3, -0.25) is 9.69 Å². The predicted octanol–water partition coefficient (Wildman–Crippen LogP) is 4.33. The SMILES string of the molecule is O=C(C1CC1)N1C[C@@H]2C[C@H]1CN2CCc1ccc(Oc2nc3ccccc3s2)cc1. The molecule has 2 bridgehead atoms. The molecular weight excluding hydrogens is 394 g/mol. The molecule has 2 aliphatic heterocycles. The fourth-order valence-electron chi connectivity index (χ4n) is 4.85. The monoisotopic (exact) mass is 419 g/mol. The van der Waals surface area contributed by atoms with E-state index in [1.807, 2.05) is 30.3 Å². The third-order valence-corrected chi connectivity index (χ3v) is 7.57. The van der Waals surface area contributed by atoms with Crippen molar-refractivity contribution in [3.63, 3.8) is 0 Å². The van der Waals surface area contributed by atoms with Crippen LogP contribution in [0, 0.1) is 5.92 Å². The van der Waals surface area contributed by atoms with Crippen molar-refractivity contribution >= 4 is 27.5 Å². The van der Waals surface area contributed by atoms with Crippen LogP contribution in [-0.2, 0) is 11.2 Å². The lowest BCUT2D eigenvalue weighted by Crippen LogP contribution is -2.49. The number of thiazole rings is 1. The molecule has 5 nitrogen and oxygen atoms in total. The van der Waals surface area contributed by atoms with Crippen molar-refractivity contribution in [2.45, 2.75) is 37.8 Å². The minimum Gasteiger partial charge on any atom is -0.431 e. The summed E-state index contributed by atoms with van der Waals surface area (Å²) < 4.78 is 7.09. The molecule has 1 aromatic heterocycles. The highest BCUT2D eigenvalue weighted by Crippen LogP contribution is 2.37. The molecule has 1 saturated carbocycles. The number of para-hydroxylation sites is 1. The van der Waals surface area contributed by atoms with Gasteiger partial charge in [-0.05, 0) is 55.5 Å². The van der Waals surface area contributed by atoms with Crippen LogP contribution >= 0.6 is 11.3 Å². The van der Waals surface area contributed by atoms with Crippen LogP contribution in [0.4, 0.5) is 0 Å². The number of hydrogen-bond acceptors (Lipinski definition) is 5. The van der Waals surface area contributed by atoms with Gasteiger partial charge in [-0.1, -0.05) is 35.6 Å². The Labute approximate surface area is 180 Å². The summed E-state index contributed by atoms with van der Waals surface area (Å²) in [6.45, 7) is 3.04. The maximum absolute atomic E-state index is 12.4. The van der Waals surface area contributed by atoms with Gasteiger partial charge in [0.15, 0.2) is 0 Å². The average Bonchev–Trinajstić information content (AvgIpc) is 3.24. The number of hydrogen-bond donors (Lipinski definition) is 0. The topological polar surface area (TPSA) is 45.7 Å². The highest BCUT2D eigenvalue weighted by Gasteiger charge is 2.47. The number of amides is 1. The molecule has 0 radical (unpaired) electrons. The summed E-state index contributed by atoms with van der Waals surface area (Å²) in [5, 5.41) is 0.683. The van der Waals surface area contributed by atoms with Gasteiger partial charge in [-0.15, -0.1) is 0 Å². The third kappa shape index (κ3) is 3.48. The number of carbonyl (C=O) groups excluding carboxylic acids is 1. The van der Waals surface area contributed by atoms with E-state index in [4.69, 9.17) is 4.74 Å². The number of ether oxygens (including phenoxy) is 1. The molecule has 3 aromatic rings. The van der Waals surface area contributed by atoms with E-state index in [1.165, 1.54) is 5.56 Å². The molecule has 1 aliphatic carbocycles. The van der Waals surface area contributed by atoms with Gasteiger partial charge < -0.3 is 9.64 Å². The molecule has 6 heteroatoms. The van der Waals surface area contributed by atoms with Crippen LogP contribution in [0.25, 0.3) is 10.2 Å². The lowest BCUT2D eigenvalue weighted by Gasteiger charge is -2.34. The van der Waals surface area contributed by atoms with Crippen molar-refractivity contribution < 1.29 is 9.53 Å². The Morgan fingerprint density at radius 2 is 1.90 bits per heavy atom. The summed E-state index contributed by atoms with van der Waals surface area (Å²) in [6.07, 6.45) is 4.40. The molecule has 2 saturated heterocycles. The highest BCUT2D eigenvalue weighted by molar-refractivity contribution is 7.20. The Bertz CT molecular complexity index is 1040. The van der Waals surface area contributed by atoms with E-state index >= 15 is 0 Å². The summed E-state index contributed by atoms with van der Waals surface area (Å²) in [6, 6.07) is 17.5. The van der Waals surface area contributed by atoms with Crippen molar-refractivity contribution in [3.05, 3.63) is 54.1 Å². The van der Waals surface area contributed by atoms with E-state index in [9.17, 15) is 4.79 Å². The molecule has 30 heavy (non-hydrogen) atoms. The molecule has 154 valence electrons. The van der Waals surface area contributed by atoms with Crippen LogP contribution < -0.4 is 4.74 Å². The zero-order valence-electron chi connectivity index (χ0n) is 16.9. The lowest BCUT2D eigenvalue weighted by atomic mass is 10.1. The Hall–Kier alpha value is -2.44. The first-order valence-corrected chi connectivity index (χ1v) is 11.7. The summed E-state index contributed by atoms with van der Waals surface area (Å²) in [5.41, 5.74) is 2.30. The van der Waals surface area contributed by atoms with E-state index in [0.717, 1.165) is 61.3 Å². The Morgan fingerprint density at radius 3 is 2.63 bits per heavy atom. The predicted molar refractivity (Wildman–Crippen MR) is 118 cm³/mol. The van der Waals surface area contributed by atoms with Crippen LogP contribution in [-0.4, -0.2) is 52.4 Å². The maximum atomic E-state index is 12.4. The van der Waals surface area contributed by atoms with Crippen LogP contribution in [0.5, 0.6) is 10.9 Å². The highest BCUT2D eigenvalue weighted by atomic mass is 32.1. The zero-order chi connectivity index (χ0) is 20.1. The number of benzene rings is 2. The second kappa shape index (κ2) is 7.36. The summed E-state index contributed by atoms with van der Waals surface area (Å²) in [4.78, 5) is 21.7. The normalized spacial score (nSPS) is 23.4. The minimum atomic E-state index is 0.348. The number of carbonyl (C=O) groups is 1. The van der Waals surface area contributed by atoms with Gasteiger partial charge in [-0.25, -0.2) is 4.98 Å². The fraction of sp³-hybridized carbons (Fsp3) is 0.417. The van der Waals surface area contributed by atoms with Crippen molar-refractivity contribution in [1.29, 1.82) is 0 Å². The van der Waals surface area contributed by atoms with Crippen LogP contribution in [0.2, 0.25) is 0 Å². The number of rotatable bonds is 6. The molecular formula is C24H25N3O2S. The molecule has 6 rings (SSSR count). The van der Waals surface area contributed by atoms with Crippen molar-refractivity contribution in [3.8, 4) is 10.9 Å². The maximum Gasteiger partial charge on any atom is 0.279 e. The van der Waals surface area contributed by atoms with Crippen LogP contribution in [0.15, 0.2) is 48.5 Å². The zero-order valence-corrected chi connectivity index (χ0v) is 17.7. The molecule has 0 N–H and O–H groups in total.